The lowest BCUT2D eigenvalue weighted by molar-refractivity contribution is 0.0205. The second kappa shape index (κ2) is 12.4. The maximum atomic E-state index is 6.12. The molecule has 1 atom stereocenters. The summed E-state index contributed by atoms with van der Waals surface area (Å²) in [6, 6.07) is 5.74. The van der Waals surface area contributed by atoms with Crippen LogP contribution in [0.15, 0.2) is 23.2 Å². The van der Waals surface area contributed by atoms with Gasteiger partial charge in [-0.1, -0.05) is 29.3 Å². The van der Waals surface area contributed by atoms with E-state index >= 15 is 0 Å². The molecular formula is C20H31Cl2N3O2. The summed E-state index contributed by atoms with van der Waals surface area (Å²) in [7, 11) is 0. The van der Waals surface area contributed by atoms with E-state index in [1.165, 1.54) is 0 Å². The zero-order chi connectivity index (χ0) is 19.5. The Morgan fingerprint density at radius 1 is 1.30 bits per heavy atom. The van der Waals surface area contributed by atoms with Gasteiger partial charge in [-0.2, -0.15) is 0 Å². The second-order valence-electron chi connectivity index (χ2n) is 6.78. The number of guanidine groups is 1. The van der Waals surface area contributed by atoms with E-state index in [0.717, 1.165) is 70.3 Å². The molecule has 1 aromatic carbocycles. The standard InChI is InChI=1S/C20H31Cl2N3O2/c1-3-23-20(25-15(2)17-5-6-18(21)19(22)13-17)24-9-4-10-27-14-16-7-11-26-12-8-16/h5-6,13,15-16H,3-4,7-12,14H2,1-2H3,(H2,23,24,25). The molecule has 27 heavy (non-hydrogen) atoms. The maximum Gasteiger partial charge on any atom is 0.191 e. The van der Waals surface area contributed by atoms with E-state index in [4.69, 9.17) is 32.7 Å². The van der Waals surface area contributed by atoms with Crippen LogP contribution in [-0.4, -0.2) is 45.5 Å². The van der Waals surface area contributed by atoms with Crippen molar-refractivity contribution >= 4 is 29.2 Å². The first-order valence-electron chi connectivity index (χ1n) is 9.75. The topological polar surface area (TPSA) is 54.9 Å². The number of aliphatic imine (C=N–C) groups is 1. The van der Waals surface area contributed by atoms with Crippen LogP contribution in [0.5, 0.6) is 0 Å². The minimum absolute atomic E-state index is 0.0716. The highest BCUT2D eigenvalue weighted by atomic mass is 35.5. The van der Waals surface area contributed by atoms with Crippen molar-refractivity contribution in [1.82, 2.24) is 10.6 Å². The van der Waals surface area contributed by atoms with Crippen LogP contribution in [0.4, 0.5) is 0 Å². The third kappa shape index (κ3) is 8.26. The molecule has 1 unspecified atom stereocenters. The molecule has 2 rings (SSSR count). The Labute approximate surface area is 172 Å². The summed E-state index contributed by atoms with van der Waals surface area (Å²) >= 11 is 12.1. The summed E-state index contributed by atoms with van der Waals surface area (Å²) < 4.78 is 11.2. The molecule has 1 aromatic rings. The third-order valence-corrected chi connectivity index (χ3v) is 5.29. The third-order valence-electron chi connectivity index (χ3n) is 4.55. The molecule has 0 aromatic heterocycles. The lowest BCUT2D eigenvalue weighted by atomic mass is 10.0. The average molecular weight is 416 g/mol. The van der Waals surface area contributed by atoms with Gasteiger partial charge >= 0.3 is 0 Å². The smallest absolute Gasteiger partial charge is 0.191 e. The Morgan fingerprint density at radius 2 is 2.07 bits per heavy atom. The lowest BCUT2D eigenvalue weighted by Crippen LogP contribution is -2.38. The van der Waals surface area contributed by atoms with Gasteiger partial charge in [-0.15, -0.1) is 0 Å². The molecular weight excluding hydrogens is 385 g/mol. The molecule has 0 amide bonds. The van der Waals surface area contributed by atoms with Gasteiger partial charge in [-0.25, -0.2) is 0 Å². The van der Waals surface area contributed by atoms with Crippen molar-refractivity contribution in [2.75, 3.05) is 39.5 Å². The van der Waals surface area contributed by atoms with Crippen molar-refractivity contribution in [3.05, 3.63) is 33.8 Å². The Morgan fingerprint density at radius 3 is 2.78 bits per heavy atom. The van der Waals surface area contributed by atoms with Gasteiger partial charge in [-0.05, 0) is 56.7 Å². The van der Waals surface area contributed by atoms with Crippen LogP contribution in [0.25, 0.3) is 0 Å². The van der Waals surface area contributed by atoms with Crippen molar-refractivity contribution in [1.29, 1.82) is 0 Å². The van der Waals surface area contributed by atoms with E-state index in [1.807, 2.05) is 18.2 Å². The van der Waals surface area contributed by atoms with Crippen LogP contribution in [0.3, 0.4) is 0 Å². The zero-order valence-electron chi connectivity index (χ0n) is 16.3. The summed E-state index contributed by atoms with van der Waals surface area (Å²) in [6.45, 7) is 8.96. The molecule has 1 heterocycles. The molecule has 7 heteroatoms. The number of nitrogens with one attached hydrogen (secondary N) is 2. The van der Waals surface area contributed by atoms with E-state index in [-0.39, 0.29) is 6.04 Å². The molecule has 0 spiro atoms. The minimum Gasteiger partial charge on any atom is -0.381 e. The maximum absolute atomic E-state index is 6.12. The first-order valence-corrected chi connectivity index (χ1v) is 10.5. The molecule has 0 bridgehead atoms. The molecule has 152 valence electrons. The van der Waals surface area contributed by atoms with Crippen LogP contribution in [0.2, 0.25) is 10.0 Å². The average Bonchev–Trinajstić information content (AvgIpc) is 2.67. The monoisotopic (exact) mass is 415 g/mol. The van der Waals surface area contributed by atoms with Gasteiger partial charge in [0.15, 0.2) is 5.96 Å². The first kappa shape index (κ1) is 22.3. The number of hydrogen-bond donors (Lipinski definition) is 2. The molecule has 1 aliphatic rings. The molecule has 0 aliphatic carbocycles. The first-order chi connectivity index (χ1) is 13.1. The normalized spacial score (nSPS) is 17.0. The van der Waals surface area contributed by atoms with Crippen LogP contribution in [0.1, 0.15) is 44.7 Å². The van der Waals surface area contributed by atoms with E-state index in [0.29, 0.717) is 16.0 Å². The number of nitrogens with zero attached hydrogens (tertiary/aromatic N) is 1. The lowest BCUT2D eigenvalue weighted by Gasteiger charge is -2.21. The number of benzene rings is 1. The fourth-order valence-electron chi connectivity index (χ4n) is 2.91. The Hall–Kier alpha value is -1.01. The van der Waals surface area contributed by atoms with Gasteiger partial charge in [0, 0.05) is 39.5 Å². The van der Waals surface area contributed by atoms with Gasteiger partial charge in [0.05, 0.1) is 16.1 Å². The fraction of sp³-hybridized carbons (Fsp3) is 0.650. The quantitative estimate of drug-likeness (QED) is 0.355. The minimum atomic E-state index is 0.0716. The fourth-order valence-corrected chi connectivity index (χ4v) is 3.22. The summed E-state index contributed by atoms with van der Waals surface area (Å²) in [5.41, 5.74) is 1.06. The van der Waals surface area contributed by atoms with Crippen LogP contribution in [-0.2, 0) is 9.47 Å². The van der Waals surface area contributed by atoms with Crippen LogP contribution < -0.4 is 10.6 Å². The van der Waals surface area contributed by atoms with Gasteiger partial charge < -0.3 is 20.1 Å². The van der Waals surface area contributed by atoms with Crippen LogP contribution >= 0.6 is 23.2 Å². The molecule has 2 N–H and O–H groups in total. The Bertz CT molecular complexity index is 593. The van der Waals surface area contributed by atoms with Crippen molar-refractivity contribution in [2.24, 2.45) is 10.9 Å². The van der Waals surface area contributed by atoms with Gasteiger partial charge in [0.1, 0.15) is 0 Å². The predicted molar refractivity (Wildman–Crippen MR) is 113 cm³/mol. The SMILES string of the molecule is CCNC(=NCCCOCC1CCOCC1)NC(C)c1ccc(Cl)c(Cl)c1. The molecule has 1 aliphatic heterocycles. The van der Waals surface area contributed by atoms with Gasteiger partial charge in [-0.3, -0.25) is 4.99 Å². The van der Waals surface area contributed by atoms with Crippen molar-refractivity contribution < 1.29 is 9.47 Å². The molecule has 1 saturated heterocycles. The van der Waals surface area contributed by atoms with E-state index < -0.39 is 0 Å². The van der Waals surface area contributed by atoms with Crippen LogP contribution in [0, 0.1) is 5.92 Å². The Kier molecular flexibility index (Phi) is 10.3. The largest absolute Gasteiger partial charge is 0.381 e. The highest BCUT2D eigenvalue weighted by Crippen LogP contribution is 2.25. The number of halogens is 2. The highest BCUT2D eigenvalue weighted by Gasteiger charge is 2.13. The van der Waals surface area contributed by atoms with Gasteiger partial charge in [0.2, 0.25) is 0 Å². The number of ether oxygens (including phenoxy) is 2. The second-order valence-corrected chi connectivity index (χ2v) is 7.60. The number of rotatable bonds is 9. The van der Waals surface area contributed by atoms with E-state index in [2.05, 4.69) is 29.5 Å². The summed E-state index contributed by atoms with van der Waals surface area (Å²) in [5.74, 6) is 1.44. The summed E-state index contributed by atoms with van der Waals surface area (Å²) in [6.07, 6.45) is 3.12. The molecule has 5 nitrogen and oxygen atoms in total. The van der Waals surface area contributed by atoms with Gasteiger partial charge in [0.25, 0.3) is 0 Å². The van der Waals surface area contributed by atoms with Crippen molar-refractivity contribution in [2.45, 2.75) is 39.2 Å². The molecule has 1 fully saturated rings. The Balaban J connectivity index is 1.73. The predicted octanol–water partition coefficient (Wildman–Crippen LogP) is 4.44. The van der Waals surface area contributed by atoms with E-state index in [1.54, 1.807) is 0 Å². The molecule has 0 radical (unpaired) electrons. The van der Waals surface area contributed by atoms with Crippen molar-refractivity contribution in [3.8, 4) is 0 Å². The zero-order valence-corrected chi connectivity index (χ0v) is 17.8. The summed E-state index contributed by atoms with van der Waals surface area (Å²) in [5, 5.41) is 7.81. The highest BCUT2D eigenvalue weighted by molar-refractivity contribution is 6.42. The van der Waals surface area contributed by atoms with Crippen molar-refractivity contribution in [3.63, 3.8) is 0 Å². The molecule has 0 saturated carbocycles. The van der Waals surface area contributed by atoms with E-state index in [9.17, 15) is 0 Å². The summed E-state index contributed by atoms with van der Waals surface area (Å²) in [4.78, 5) is 4.64. The number of hydrogen-bond acceptors (Lipinski definition) is 3.